The lowest BCUT2D eigenvalue weighted by atomic mass is 10.0. The van der Waals surface area contributed by atoms with Gasteiger partial charge in [0.2, 0.25) is 0 Å². The van der Waals surface area contributed by atoms with Gasteiger partial charge in [0.05, 0.1) is 6.42 Å². The van der Waals surface area contributed by atoms with Gasteiger partial charge in [0.15, 0.2) is 5.78 Å². The summed E-state index contributed by atoms with van der Waals surface area (Å²) in [6.07, 6.45) is 1.37. The molecule has 0 spiro atoms. The lowest BCUT2D eigenvalue weighted by Crippen LogP contribution is -2.02. The highest BCUT2D eigenvalue weighted by molar-refractivity contribution is 5.96. The molecule has 1 aromatic rings. The number of benzene rings is 1. The molecule has 15 heavy (non-hydrogen) atoms. The molecule has 0 unspecified atom stereocenters. The second-order valence-electron chi connectivity index (χ2n) is 3.44. The van der Waals surface area contributed by atoms with Crippen LogP contribution in [0.1, 0.15) is 35.7 Å². The monoisotopic (exact) mass is 206 g/mol. The zero-order chi connectivity index (χ0) is 11.3. The summed E-state index contributed by atoms with van der Waals surface area (Å²) in [5, 5.41) is 8.56. The molecule has 1 rings (SSSR count). The predicted molar refractivity (Wildman–Crippen MR) is 57.0 cm³/mol. The molecule has 0 saturated carbocycles. The van der Waals surface area contributed by atoms with E-state index in [4.69, 9.17) is 5.11 Å². The molecule has 0 radical (unpaired) electrons. The first kappa shape index (κ1) is 11.4. The van der Waals surface area contributed by atoms with Crippen LogP contribution in [0.25, 0.3) is 0 Å². The second-order valence-corrected chi connectivity index (χ2v) is 3.44. The summed E-state index contributed by atoms with van der Waals surface area (Å²) < 4.78 is 0. The molecule has 0 atom stereocenters. The summed E-state index contributed by atoms with van der Waals surface area (Å²) >= 11 is 0. The van der Waals surface area contributed by atoms with Crippen LogP contribution in [0.4, 0.5) is 0 Å². The van der Waals surface area contributed by atoms with E-state index in [1.807, 2.05) is 6.92 Å². The maximum absolute atomic E-state index is 11.5. The fraction of sp³-hybridized carbons (Fsp3) is 0.333. The summed E-state index contributed by atoms with van der Waals surface area (Å²) in [6.45, 7) is 1.96. The summed E-state index contributed by atoms with van der Waals surface area (Å²) in [5.41, 5.74) is 1.38. The highest BCUT2D eigenvalue weighted by Crippen LogP contribution is 2.08. The minimum absolute atomic E-state index is 0.00223. The number of aliphatic carboxylic acids is 1. The Morgan fingerprint density at radius 1 is 1.20 bits per heavy atom. The Labute approximate surface area is 88.7 Å². The Hall–Kier alpha value is -1.64. The molecule has 0 aliphatic rings. The fourth-order valence-electron chi connectivity index (χ4n) is 1.35. The van der Waals surface area contributed by atoms with Crippen molar-refractivity contribution in [1.82, 2.24) is 0 Å². The highest BCUT2D eigenvalue weighted by Gasteiger charge is 2.05. The molecule has 3 heteroatoms. The van der Waals surface area contributed by atoms with E-state index in [1.165, 1.54) is 0 Å². The molecule has 0 aliphatic heterocycles. The molecule has 0 heterocycles. The van der Waals surface area contributed by atoms with Crippen molar-refractivity contribution in [2.75, 3.05) is 0 Å². The van der Waals surface area contributed by atoms with Crippen LogP contribution in [-0.4, -0.2) is 16.9 Å². The number of carboxylic acid groups (broad SMARTS) is 1. The summed E-state index contributed by atoms with van der Waals surface area (Å²) in [6, 6.07) is 6.76. The SMILES string of the molecule is CCCC(=O)c1ccc(CC(=O)O)cc1. The van der Waals surface area contributed by atoms with Crippen LogP contribution in [0.3, 0.4) is 0 Å². The Morgan fingerprint density at radius 3 is 2.27 bits per heavy atom. The van der Waals surface area contributed by atoms with E-state index >= 15 is 0 Å². The van der Waals surface area contributed by atoms with Crippen molar-refractivity contribution >= 4 is 11.8 Å². The first-order chi connectivity index (χ1) is 7.13. The molecular formula is C12H14O3. The molecule has 1 N–H and O–H groups in total. The van der Waals surface area contributed by atoms with E-state index < -0.39 is 5.97 Å². The van der Waals surface area contributed by atoms with Gasteiger partial charge in [0, 0.05) is 12.0 Å². The maximum atomic E-state index is 11.5. The van der Waals surface area contributed by atoms with Gasteiger partial charge >= 0.3 is 5.97 Å². The average Bonchev–Trinajstić information content (AvgIpc) is 2.18. The Morgan fingerprint density at radius 2 is 1.80 bits per heavy atom. The lowest BCUT2D eigenvalue weighted by molar-refractivity contribution is -0.136. The van der Waals surface area contributed by atoms with Gasteiger partial charge in [-0.1, -0.05) is 31.2 Å². The van der Waals surface area contributed by atoms with Crippen molar-refractivity contribution in [3.05, 3.63) is 35.4 Å². The topological polar surface area (TPSA) is 54.4 Å². The number of Topliss-reactive ketones (excluding diaryl/α,β-unsaturated/α-hetero) is 1. The number of carboxylic acids is 1. The van der Waals surface area contributed by atoms with Crippen LogP contribution in [-0.2, 0) is 11.2 Å². The van der Waals surface area contributed by atoms with E-state index in [1.54, 1.807) is 24.3 Å². The van der Waals surface area contributed by atoms with Gasteiger partial charge < -0.3 is 5.11 Å². The number of carbonyl (C=O) groups is 2. The minimum atomic E-state index is -0.859. The molecule has 0 amide bonds. The van der Waals surface area contributed by atoms with Crippen LogP contribution in [0.2, 0.25) is 0 Å². The molecule has 1 aromatic carbocycles. The van der Waals surface area contributed by atoms with Crippen LogP contribution in [0.5, 0.6) is 0 Å². The first-order valence-electron chi connectivity index (χ1n) is 4.97. The molecule has 0 fully saturated rings. The largest absolute Gasteiger partial charge is 0.481 e. The third-order valence-corrected chi connectivity index (χ3v) is 2.11. The zero-order valence-electron chi connectivity index (χ0n) is 8.69. The number of rotatable bonds is 5. The number of hydrogen-bond acceptors (Lipinski definition) is 2. The van der Waals surface area contributed by atoms with Gasteiger partial charge in [-0.2, -0.15) is 0 Å². The van der Waals surface area contributed by atoms with Gasteiger partial charge in [-0.05, 0) is 12.0 Å². The van der Waals surface area contributed by atoms with Crippen molar-refractivity contribution in [3.63, 3.8) is 0 Å². The predicted octanol–water partition coefficient (Wildman–Crippen LogP) is 2.30. The van der Waals surface area contributed by atoms with Crippen LogP contribution >= 0.6 is 0 Å². The average molecular weight is 206 g/mol. The normalized spacial score (nSPS) is 9.93. The van der Waals surface area contributed by atoms with Gasteiger partial charge in [0.1, 0.15) is 0 Å². The number of hydrogen-bond donors (Lipinski definition) is 1. The summed E-state index contributed by atoms with van der Waals surface area (Å²) in [5.74, 6) is -0.748. The van der Waals surface area contributed by atoms with Crippen molar-refractivity contribution in [1.29, 1.82) is 0 Å². The quantitative estimate of drug-likeness (QED) is 0.752. The standard InChI is InChI=1S/C12H14O3/c1-2-3-11(13)10-6-4-9(5-7-10)8-12(14)15/h4-7H,2-3,8H2,1H3,(H,14,15). The van der Waals surface area contributed by atoms with Crippen molar-refractivity contribution in [2.45, 2.75) is 26.2 Å². The van der Waals surface area contributed by atoms with E-state index in [0.717, 1.165) is 12.0 Å². The molecular weight excluding hydrogens is 192 g/mol. The molecule has 0 bridgehead atoms. The van der Waals surface area contributed by atoms with E-state index in [-0.39, 0.29) is 12.2 Å². The lowest BCUT2D eigenvalue weighted by Gasteiger charge is -2.00. The van der Waals surface area contributed by atoms with E-state index in [2.05, 4.69) is 0 Å². The molecule has 80 valence electrons. The van der Waals surface area contributed by atoms with Gasteiger partial charge in [-0.25, -0.2) is 0 Å². The molecule has 0 aromatic heterocycles. The zero-order valence-corrected chi connectivity index (χ0v) is 8.69. The van der Waals surface area contributed by atoms with Crippen molar-refractivity contribution in [3.8, 4) is 0 Å². The summed E-state index contributed by atoms with van der Waals surface area (Å²) in [4.78, 5) is 21.9. The Bertz CT molecular complexity index is 352. The van der Waals surface area contributed by atoms with Gasteiger partial charge in [-0.15, -0.1) is 0 Å². The highest BCUT2D eigenvalue weighted by atomic mass is 16.4. The second kappa shape index (κ2) is 5.29. The number of carbonyl (C=O) groups excluding carboxylic acids is 1. The van der Waals surface area contributed by atoms with Crippen molar-refractivity contribution in [2.24, 2.45) is 0 Å². The molecule has 0 saturated heterocycles. The minimum Gasteiger partial charge on any atom is -0.481 e. The van der Waals surface area contributed by atoms with Crippen LogP contribution < -0.4 is 0 Å². The Balaban J connectivity index is 2.71. The van der Waals surface area contributed by atoms with Gasteiger partial charge in [0.25, 0.3) is 0 Å². The Kier molecular flexibility index (Phi) is 4.03. The van der Waals surface area contributed by atoms with Crippen molar-refractivity contribution < 1.29 is 14.7 Å². The third kappa shape index (κ3) is 3.54. The first-order valence-corrected chi connectivity index (χ1v) is 4.97. The molecule has 3 nitrogen and oxygen atoms in total. The van der Waals surface area contributed by atoms with E-state index in [0.29, 0.717) is 12.0 Å². The van der Waals surface area contributed by atoms with Crippen LogP contribution in [0, 0.1) is 0 Å². The van der Waals surface area contributed by atoms with Crippen LogP contribution in [0.15, 0.2) is 24.3 Å². The van der Waals surface area contributed by atoms with Gasteiger partial charge in [-0.3, -0.25) is 9.59 Å². The molecule has 0 aliphatic carbocycles. The maximum Gasteiger partial charge on any atom is 0.307 e. The third-order valence-electron chi connectivity index (χ3n) is 2.11. The fourth-order valence-corrected chi connectivity index (χ4v) is 1.35. The summed E-state index contributed by atoms with van der Waals surface area (Å²) in [7, 11) is 0. The van der Waals surface area contributed by atoms with E-state index in [9.17, 15) is 9.59 Å². The number of ketones is 1. The smallest absolute Gasteiger partial charge is 0.307 e.